The van der Waals surface area contributed by atoms with E-state index in [1.807, 2.05) is 0 Å². The highest BCUT2D eigenvalue weighted by atomic mass is 16.6. The smallest absolute Gasteiger partial charge is 0.320 e. The molecule has 8 nitrogen and oxygen atoms in total. The molecule has 2 aromatic carbocycles. The van der Waals surface area contributed by atoms with E-state index in [0.29, 0.717) is 11.1 Å². The summed E-state index contributed by atoms with van der Waals surface area (Å²) in [6.45, 7) is 3.31. The van der Waals surface area contributed by atoms with Gasteiger partial charge in [-0.15, -0.1) is 0 Å². The molecule has 0 fully saturated rings. The maximum absolute atomic E-state index is 12.9. The highest BCUT2D eigenvalue weighted by Gasteiger charge is 2.39. The Morgan fingerprint density at radius 2 is 1.43 bits per heavy atom. The number of rotatable bonds is 10. The first-order valence-electron chi connectivity index (χ1n) is 9.54. The molecule has 0 saturated carbocycles. The zero-order valence-corrected chi connectivity index (χ0v) is 16.8. The standard InChI is InChI=1S/C22H23NO7/c1-3-29-21(25)20(22(26)30-4-2)18(14-19(24)16-8-6-5-7-9-16)15-10-12-17(13-11-15)23(27)28/h5-13,18,20H,3-4,14H2,1-2H3/t18-/m1/s1. The van der Waals surface area contributed by atoms with Gasteiger partial charge in [-0.05, 0) is 19.4 Å². The fourth-order valence-corrected chi connectivity index (χ4v) is 3.10. The number of non-ortho nitro benzene ring substituents is 1. The zero-order valence-electron chi connectivity index (χ0n) is 16.8. The van der Waals surface area contributed by atoms with E-state index in [4.69, 9.17) is 9.47 Å². The molecule has 30 heavy (non-hydrogen) atoms. The quantitative estimate of drug-likeness (QED) is 0.192. The van der Waals surface area contributed by atoms with E-state index in [1.54, 1.807) is 44.2 Å². The Morgan fingerprint density at radius 3 is 1.90 bits per heavy atom. The first kappa shape index (κ1) is 22.7. The van der Waals surface area contributed by atoms with Gasteiger partial charge in [0.15, 0.2) is 11.7 Å². The van der Waals surface area contributed by atoms with Crippen LogP contribution < -0.4 is 0 Å². The van der Waals surface area contributed by atoms with E-state index in [0.717, 1.165) is 0 Å². The Morgan fingerprint density at radius 1 is 0.900 bits per heavy atom. The van der Waals surface area contributed by atoms with Crippen molar-refractivity contribution in [3.05, 3.63) is 75.8 Å². The van der Waals surface area contributed by atoms with E-state index in [2.05, 4.69) is 0 Å². The summed E-state index contributed by atoms with van der Waals surface area (Å²) in [5.74, 6) is -4.17. The van der Waals surface area contributed by atoms with Gasteiger partial charge in [0.05, 0.1) is 18.1 Å². The Labute approximate surface area is 174 Å². The number of carbonyl (C=O) groups is 3. The van der Waals surface area contributed by atoms with Gasteiger partial charge in [0.1, 0.15) is 0 Å². The molecule has 1 atom stereocenters. The van der Waals surface area contributed by atoms with Crippen molar-refractivity contribution in [3.63, 3.8) is 0 Å². The summed E-state index contributed by atoms with van der Waals surface area (Å²) >= 11 is 0. The third-order valence-corrected chi connectivity index (χ3v) is 4.52. The van der Waals surface area contributed by atoms with Gasteiger partial charge in [-0.1, -0.05) is 42.5 Å². The predicted molar refractivity (Wildman–Crippen MR) is 108 cm³/mol. The van der Waals surface area contributed by atoms with Crippen LogP contribution in [0.4, 0.5) is 5.69 Å². The topological polar surface area (TPSA) is 113 Å². The lowest BCUT2D eigenvalue weighted by Crippen LogP contribution is -2.34. The molecular weight excluding hydrogens is 390 g/mol. The number of Topliss-reactive ketones (excluding diaryl/α,β-unsaturated/α-hetero) is 1. The van der Waals surface area contributed by atoms with Gasteiger partial charge in [-0.2, -0.15) is 0 Å². The summed E-state index contributed by atoms with van der Waals surface area (Å²) in [5.41, 5.74) is 0.711. The third kappa shape index (κ3) is 5.73. The summed E-state index contributed by atoms with van der Waals surface area (Å²) in [4.78, 5) is 48.5. The van der Waals surface area contributed by atoms with Crippen molar-refractivity contribution in [2.24, 2.45) is 5.92 Å². The lowest BCUT2D eigenvalue weighted by atomic mass is 9.81. The Bertz CT molecular complexity index is 875. The number of ketones is 1. The molecule has 0 amide bonds. The Kier molecular flexibility index (Phi) is 8.22. The van der Waals surface area contributed by atoms with Crippen LogP contribution in [-0.4, -0.2) is 35.9 Å². The first-order valence-corrected chi connectivity index (χ1v) is 9.54. The summed E-state index contributed by atoms with van der Waals surface area (Å²) in [6.07, 6.45) is -0.176. The second-order valence-corrected chi connectivity index (χ2v) is 6.43. The van der Waals surface area contributed by atoms with Gasteiger partial charge in [0.25, 0.3) is 5.69 Å². The second-order valence-electron chi connectivity index (χ2n) is 6.43. The van der Waals surface area contributed by atoms with Crippen LogP contribution in [0, 0.1) is 16.0 Å². The van der Waals surface area contributed by atoms with Crippen molar-refractivity contribution in [3.8, 4) is 0 Å². The molecule has 0 bridgehead atoms. The van der Waals surface area contributed by atoms with Crippen molar-refractivity contribution in [2.45, 2.75) is 26.2 Å². The number of benzene rings is 2. The summed E-state index contributed by atoms with van der Waals surface area (Å²) in [7, 11) is 0. The summed E-state index contributed by atoms with van der Waals surface area (Å²) < 4.78 is 10.1. The van der Waals surface area contributed by atoms with Crippen LogP contribution in [0.2, 0.25) is 0 Å². The van der Waals surface area contributed by atoms with E-state index < -0.39 is 28.7 Å². The van der Waals surface area contributed by atoms with E-state index in [-0.39, 0.29) is 31.1 Å². The number of nitro groups is 1. The van der Waals surface area contributed by atoms with Crippen molar-refractivity contribution in [1.29, 1.82) is 0 Å². The van der Waals surface area contributed by atoms with Crippen LogP contribution >= 0.6 is 0 Å². The lowest BCUT2D eigenvalue weighted by molar-refractivity contribution is -0.384. The SMILES string of the molecule is CCOC(=O)C(C(=O)OCC)[C@H](CC(=O)c1ccccc1)c1ccc([N+](=O)[O-])cc1. The highest BCUT2D eigenvalue weighted by Crippen LogP contribution is 2.33. The Balaban J connectivity index is 2.48. The molecule has 158 valence electrons. The predicted octanol–water partition coefficient (Wildman–Crippen LogP) is 3.69. The molecule has 0 aliphatic carbocycles. The van der Waals surface area contributed by atoms with Gasteiger partial charge >= 0.3 is 11.9 Å². The molecule has 0 saturated heterocycles. The van der Waals surface area contributed by atoms with E-state index >= 15 is 0 Å². The maximum atomic E-state index is 12.9. The van der Waals surface area contributed by atoms with E-state index in [1.165, 1.54) is 24.3 Å². The minimum Gasteiger partial charge on any atom is -0.465 e. The number of ether oxygens (including phenoxy) is 2. The minimum atomic E-state index is -1.38. The molecule has 0 aromatic heterocycles. The lowest BCUT2D eigenvalue weighted by Gasteiger charge is -2.24. The monoisotopic (exact) mass is 413 g/mol. The van der Waals surface area contributed by atoms with Crippen LogP contribution in [0.3, 0.4) is 0 Å². The Hall–Kier alpha value is -3.55. The van der Waals surface area contributed by atoms with Crippen LogP contribution in [0.1, 0.15) is 42.1 Å². The number of hydrogen-bond acceptors (Lipinski definition) is 7. The van der Waals surface area contributed by atoms with Crippen LogP contribution in [0.15, 0.2) is 54.6 Å². The van der Waals surface area contributed by atoms with Gasteiger partial charge < -0.3 is 9.47 Å². The molecule has 0 aliphatic rings. The van der Waals surface area contributed by atoms with Gasteiger partial charge in [0.2, 0.25) is 0 Å². The molecule has 2 aromatic rings. The molecule has 0 heterocycles. The zero-order chi connectivity index (χ0) is 22.1. The van der Waals surface area contributed by atoms with Crippen molar-refractivity contribution >= 4 is 23.4 Å². The number of carbonyl (C=O) groups excluding carboxylic acids is 3. The van der Waals surface area contributed by atoms with Crippen molar-refractivity contribution < 1.29 is 28.8 Å². The van der Waals surface area contributed by atoms with Crippen molar-refractivity contribution in [2.75, 3.05) is 13.2 Å². The molecular formula is C22H23NO7. The molecule has 8 heteroatoms. The van der Waals surface area contributed by atoms with Gasteiger partial charge in [0, 0.05) is 30.0 Å². The molecule has 0 aliphatic heterocycles. The molecule has 0 unspecified atom stereocenters. The van der Waals surface area contributed by atoms with Gasteiger partial charge in [-0.25, -0.2) is 0 Å². The van der Waals surface area contributed by atoms with Crippen LogP contribution in [0.25, 0.3) is 0 Å². The summed E-state index contributed by atoms with van der Waals surface area (Å²) in [6, 6.07) is 13.9. The number of hydrogen-bond donors (Lipinski definition) is 0. The normalized spacial score (nSPS) is 11.6. The number of nitrogens with zero attached hydrogens (tertiary/aromatic N) is 1. The van der Waals surface area contributed by atoms with Gasteiger partial charge in [-0.3, -0.25) is 24.5 Å². The maximum Gasteiger partial charge on any atom is 0.320 e. The molecule has 2 rings (SSSR count). The molecule has 0 radical (unpaired) electrons. The second kappa shape index (κ2) is 10.8. The third-order valence-electron chi connectivity index (χ3n) is 4.52. The number of esters is 2. The number of nitro benzene ring substituents is 1. The molecule has 0 spiro atoms. The van der Waals surface area contributed by atoms with E-state index in [9.17, 15) is 24.5 Å². The summed E-state index contributed by atoms with van der Waals surface area (Å²) in [5, 5.41) is 11.0. The van der Waals surface area contributed by atoms with Crippen LogP contribution in [-0.2, 0) is 19.1 Å². The van der Waals surface area contributed by atoms with Crippen LogP contribution in [0.5, 0.6) is 0 Å². The average molecular weight is 413 g/mol. The fraction of sp³-hybridized carbons (Fsp3) is 0.318. The highest BCUT2D eigenvalue weighted by molar-refractivity contribution is 6.00. The fourth-order valence-electron chi connectivity index (χ4n) is 3.10. The first-order chi connectivity index (χ1) is 14.4. The minimum absolute atomic E-state index is 0.0500. The average Bonchev–Trinajstić information content (AvgIpc) is 2.74. The van der Waals surface area contributed by atoms with Crippen molar-refractivity contribution in [1.82, 2.24) is 0 Å². The largest absolute Gasteiger partial charge is 0.465 e. The molecule has 0 N–H and O–H groups in total.